The van der Waals surface area contributed by atoms with Crippen LogP contribution in [0.1, 0.15) is 64.6 Å². The molecule has 2 aromatic rings. The van der Waals surface area contributed by atoms with Crippen molar-refractivity contribution in [3.63, 3.8) is 0 Å². The van der Waals surface area contributed by atoms with Gasteiger partial charge in [-0.3, -0.25) is 0 Å². The first-order valence-electron chi connectivity index (χ1n) is 12.6. The molecule has 2 aromatic heterocycles. The lowest BCUT2D eigenvalue weighted by Crippen LogP contribution is -2.52. The molecule has 1 atom stereocenters. The topological polar surface area (TPSA) is 71.3 Å². The maximum atomic E-state index is 12.4. The van der Waals surface area contributed by atoms with Gasteiger partial charge in [0.25, 0.3) is 0 Å². The summed E-state index contributed by atoms with van der Waals surface area (Å²) in [5.74, 6) is 0.432. The maximum Gasteiger partial charge on any atom is 0.410 e. The maximum absolute atomic E-state index is 12.4. The normalized spacial score (nSPS) is 20.8. The third-order valence-electron chi connectivity index (χ3n) is 6.56. The summed E-state index contributed by atoms with van der Waals surface area (Å²) in [6.45, 7) is 16.9. The quantitative estimate of drug-likeness (QED) is 0.702. The summed E-state index contributed by atoms with van der Waals surface area (Å²) >= 11 is 0. The number of nitrogens with one attached hydrogen (secondary N) is 1. The van der Waals surface area contributed by atoms with Gasteiger partial charge < -0.3 is 29.0 Å². The fourth-order valence-electron chi connectivity index (χ4n) is 4.87. The molecule has 34 heavy (non-hydrogen) atoms. The van der Waals surface area contributed by atoms with Crippen LogP contribution in [0.2, 0.25) is 0 Å². The molecule has 2 aliphatic heterocycles. The highest BCUT2D eigenvalue weighted by Crippen LogP contribution is 2.26. The van der Waals surface area contributed by atoms with Crippen molar-refractivity contribution in [3.05, 3.63) is 29.7 Å². The molecule has 0 bridgehead atoms. The van der Waals surface area contributed by atoms with E-state index in [1.165, 1.54) is 11.3 Å². The molecule has 1 N–H and O–H groups in total. The number of hydrogen-bond donors (Lipinski definition) is 1. The van der Waals surface area contributed by atoms with Crippen LogP contribution in [0.15, 0.2) is 18.5 Å². The molecule has 188 valence electrons. The van der Waals surface area contributed by atoms with E-state index in [-0.39, 0.29) is 12.2 Å². The lowest BCUT2D eigenvalue weighted by molar-refractivity contribution is -0.0538. The first-order valence-corrected chi connectivity index (χ1v) is 12.6. The number of piperidine rings is 1. The molecule has 0 aliphatic carbocycles. The van der Waals surface area contributed by atoms with Crippen molar-refractivity contribution in [2.45, 2.75) is 78.0 Å². The second-order valence-corrected chi connectivity index (χ2v) is 11.1. The molecular formula is C26H41N5O3. The smallest absolute Gasteiger partial charge is 0.410 e. The van der Waals surface area contributed by atoms with Gasteiger partial charge in [-0.05, 0) is 58.1 Å². The van der Waals surface area contributed by atoms with Gasteiger partial charge in [0.05, 0.1) is 24.9 Å². The molecule has 2 saturated heterocycles. The molecule has 0 saturated carbocycles. The number of likely N-dealkylation sites (tertiary alicyclic amines) is 1. The molecule has 4 rings (SSSR count). The first-order chi connectivity index (χ1) is 16.1. The number of aromatic nitrogens is 2. The summed E-state index contributed by atoms with van der Waals surface area (Å²) in [5, 5.41) is 3.77. The fourth-order valence-corrected chi connectivity index (χ4v) is 4.87. The number of hydrogen-bond acceptors (Lipinski definition) is 6. The van der Waals surface area contributed by atoms with Crippen LogP contribution in [-0.2, 0) is 9.47 Å². The van der Waals surface area contributed by atoms with Gasteiger partial charge >= 0.3 is 6.09 Å². The molecule has 0 radical (unpaired) electrons. The van der Waals surface area contributed by atoms with Crippen LogP contribution in [0.4, 0.5) is 10.5 Å². The molecule has 0 aromatic carbocycles. The van der Waals surface area contributed by atoms with Gasteiger partial charge in [0.1, 0.15) is 5.60 Å². The number of morpholine rings is 1. The number of anilines is 1. The monoisotopic (exact) mass is 471 g/mol. The van der Waals surface area contributed by atoms with Crippen LogP contribution >= 0.6 is 0 Å². The molecular weight excluding hydrogens is 430 g/mol. The van der Waals surface area contributed by atoms with Crippen molar-refractivity contribution >= 4 is 17.4 Å². The zero-order valence-corrected chi connectivity index (χ0v) is 21.6. The number of carbonyl (C=O) groups is 1. The minimum absolute atomic E-state index is 0.0292. The van der Waals surface area contributed by atoms with Crippen molar-refractivity contribution in [1.29, 1.82) is 0 Å². The molecule has 1 amide bonds. The molecule has 4 heterocycles. The van der Waals surface area contributed by atoms with E-state index in [9.17, 15) is 4.79 Å². The zero-order valence-electron chi connectivity index (χ0n) is 21.6. The van der Waals surface area contributed by atoms with E-state index < -0.39 is 5.60 Å². The summed E-state index contributed by atoms with van der Waals surface area (Å²) in [5.41, 5.74) is 4.12. The van der Waals surface area contributed by atoms with Crippen LogP contribution < -0.4 is 5.32 Å². The summed E-state index contributed by atoms with van der Waals surface area (Å²) in [7, 11) is 0. The van der Waals surface area contributed by atoms with E-state index in [1.54, 1.807) is 4.90 Å². The molecule has 2 aliphatic rings. The van der Waals surface area contributed by atoms with E-state index in [0.717, 1.165) is 43.8 Å². The van der Waals surface area contributed by atoms with Crippen LogP contribution in [0.5, 0.6) is 0 Å². The van der Waals surface area contributed by atoms with Crippen molar-refractivity contribution in [1.82, 2.24) is 19.2 Å². The zero-order chi connectivity index (χ0) is 24.5. The van der Waals surface area contributed by atoms with Crippen LogP contribution in [0, 0.1) is 6.92 Å². The number of carbonyl (C=O) groups excluding carboxylic acids is 1. The third kappa shape index (κ3) is 6.02. The average Bonchev–Trinajstić information content (AvgIpc) is 3.18. The van der Waals surface area contributed by atoms with Gasteiger partial charge in [-0.2, -0.15) is 0 Å². The second-order valence-electron chi connectivity index (χ2n) is 11.1. The molecule has 0 unspecified atom stereocenters. The number of ether oxygens (including phenoxy) is 2. The average molecular weight is 472 g/mol. The van der Waals surface area contributed by atoms with Crippen molar-refractivity contribution in [2.75, 3.05) is 44.6 Å². The second kappa shape index (κ2) is 10.1. The number of aryl methyl sites for hydroxylation is 1. The van der Waals surface area contributed by atoms with E-state index in [0.29, 0.717) is 31.7 Å². The van der Waals surface area contributed by atoms with Gasteiger partial charge in [-0.15, -0.1) is 0 Å². The molecule has 0 spiro atoms. The Morgan fingerprint density at radius 1 is 1.26 bits per heavy atom. The fraction of sp³-hybridized carbons (Fsp3) is 0.692. The Morgan fingerprint density at radius 2 is 2.00 bits per heavy atom. The molecule has 8 heteroatoms. The lowest BCUT2D eigenvalue weighted by atomic mass is 10.0. The van der Waals surface area contributed by atoms with Gasteiger partial charge in [-0.25, -0.2) is 9.78 Å². The Balaban J connectivity index is 1.30. The Hall–Kier alpha value is -2.32. The molecule has 8 nitrogen and oxygen atoms in total. The number of amides is 1. The van der Waals surface area contributed by atoms with E-state index in [4.69, 9.17) is 14.5 Å². The van der Waals surface area contributed by atoms with Gasteiger partial charge in [0.2, 0.25) is 0 Å². The van der Waals surface area contributed by atoms with Crippen molar-refractivity contribution < 1.29 is 14.3 Å². The van der Waals surface area contributed by atoms with Gasteiger partial charge in [-0.1, -0.05) is 13.8 Å². The summed E-state index contributed by atoms with van der Waals surface area (Å²) in [6.07, 6.45) is 6.10. The highest BCUT2D eigenvalue weighted by molar-refractivity contribution is 5.69. The molecule has 2 fully saturated rings. The summed E-state index contributed by atoms with van der Waals surface area (Å²) in [6, 6.07) is 2.63. The van der Waals surface area contributed by atoms with E-state index in [1.807, 2.05) is 27.0 Å². The summed E-state index contributed by atoms with van der Waals surface area (Å²) in [4.78, 5) is 21.4. The van der Waals surface area contributed by atoms with Crippen molar-refractivity contribution in [2.24, 2.45) is 0 Å². The minimum atomic E-state index is -0.477. The third-order valence-corrected chi connectivity index (χ3v) is 6.56. The number of imidazole rings is 1. The van der Waals surface area contributed by atoms with Crippen LogP contribution in [-0.4, -0.2) is 82.4 Å². The largest absolute Gasteiger partial charge is 0.444 e. The van der Waals surface area contributed by atoms with Gasteiger partial charge in [0.15, 0.2) is 5.65 Å². The van der Waals surface area contributed by atoms with E-state index >= 15 is 0 Å². The predicted molar refractivity (Wildman–Crippen MR) is 135 cm³/mol. The van der Waals surface area contributed by atoms with Crippen LogP contribution in [0.25, 0.3) is 5.65 Å². The highest BCUT2D eigenvalue weighted by Gasteiger charge is 2.30. The Labute approximate surface area is 203 Å². The SMILES string of the molecule is Cc1cc(NC2CCN(C[C@@H]3CN(C(=O)OC(C)(C)C)CCO3)CC2)c2ncc(C(C)C)n2c1. The number of pyridine rings is 1. The Morgan fingerprint density at radius 3 is 2.68 bits per heavy atom. The standard InChI is InChI=1S/C26H41N5O3/c1-18(2)23-14-27-24-22(13-19(3)15-31(23)24)28-20-7-9-29(10-8-20)16-21-17-30(11-12-33-21)25(32)34-26(4,5)6/h13-15,18,20-21,28H,7-12,16-17H2,1-6H3/t21-/m1/s1. The number of fused-ring (bicyclic) bond motifs is 1. The van der Waals surface area contributed by atoms with Crippen molar-refractivity contribution in [3.8, 4) is 0 Å². The first kappa shape index (κ1) is 24.8. The Kier molecular flexibility index (Phi) is 7.38. The summed E-state index contributed by atoms with van der Waals surface area (Å²) < 4.78 is 13.8. The highest BCUT2D eigenvalue weighted by atomic mass is 16.6. The Bertz CT molecular complexity index is 988. The van der Waals surface area contributed by atoms with E-state index in [2.05, 4.69) is 47.7 Å². The minimum Gasteiger partial charge on any atom is -0.444 e. The predicted octanol–water partition coefficient (Wildman–Crippen LogP) is 4.28. The number of nitrogens with zero attached hydrogens (tertiary/aromatic N) is 4. The lowest BCUT2D eigenvalue weighted by Gasteiger charge is -2.38. The van der Waals surface area contributed by atoms with Crippen LogP contribution in [0.3, 0.4) is 0 Å². The number of rotatable bonds is 5. The van der Waals surface area contributed by atoms with Gasteiger partial charge in [0, 0.05) is 50.3 Å².